The number of hydrogen-bond donors (Lipinski definition) is 0. The third-order valence-electron chi connectivity index (χ3n) is 7.20. The summed E-state index contributed by atoms with van der Waals surface area (Å²) in [7, 11) is 4.24. The number of fused-ring (bicyclic) bond motifs is 5. The molecule has 2 aromatic rings. The van der Waals surface area contributed by atoms with Crippen LogP contribution in [0.2, 0.25) is 0 Å². The van der Waals surface area contributed by atoms with Gasteiger partial charge in [0, 0.05) is 48.9 Å². The lowest BCUT2D eigenvalue weighted by atomic mass is 9.72. The molecule has 5 rings (SSSR count). The molecular weight excluding hydrogens is 362 g/mol. The van der Waals surface area contributed by atoms with Gasteiger partial charge >= 0.3 is 0 Å². The number of aromatic nitrogens is 2. The van der Waals surface area contributed by atoms with E-state index in [2.05, 4.69) is 63.3 Å². The van der Waals surface area contributed by atoms with Gasteiger partial charge in [0.05, 0.1) is 5.69 Å². The van der Waals surface area contributed by atoms with Crippen molar-refractivity contribution in [3.05, 3.63) is 30.0 Å². The molecule has 3 aliphatic heterocycles. The summed E-state index contributed by atoms with van der Waals surface area (Å²) in [6.45, 7) is 4.89. The van der Waals surface area contributed by atoms with Crippen LogP contribution >= 0.6 is 0 Å². The van der Waals surface area contributed by atoms with Crippen molar-refractivity contribution in [2.24, 2.45) is 11.8 Å². The molecule has 3 saturated heterocycles. The lowest BCUT2D eigenvalue weighted by Gasteiger charge is -2.57. The zero-order valence-electron chi connectivity index (χ0n) is 17.7. The van der Waals surface area contributed by atoms with Gasteiger partial charge in [0.15, 0.2) is 5.82 Å². The van der Waals surface area contributed by atoms with Gasteiger partial charge < -0.3 is 14.7 Å². The van der Waals surface area contributed by atoms with Crippen molar-refractivity contribution in [3.63, 3.8) is 0 Å². The van der Waals surface area contributed by atoms with Crippen LogP contribution < -0.4 is 4.90 Å². The maximum Gasteiger partial charge on any atom is 0.223 e. The zero-order chi connectivity index (χ0) is 20.1. The third-order valence-corrected chi connectivity index (χ3v) is 7.20. The standard InChI is InChI=1S/C23H31N5O/c1-15-18-7-4-5-8-19(18)23(25-24-15)27-12-16-11-17(13-27)21(14-26(2)3)28-20(16)9-6-10-22(28)29/h4-5,7-8,16-17,20-21H,6,9-14H2,1-3H3/t16-,17+,20+,21+/m1/s1. The Kier molecular flexibility index (Phi) is 4.69. The second-order valence-corrected chi connectivity index (χ2v) is 9.41. The number of benzene rings is 1. The van der Waals surface area contributed by atoms with E-state index in [0.29, 0.717) is 29.8 Å². The van der Waals surface area contributed by atoms with Crippen molar-refractivity contribution in [1.29, 1.82) is 0 Å². The zero-order valence-corrected chi connectivity index (χ0v) is 17.7. The van der Waals surface area contributed by atoms with Crippen LogP contribution in [0.3, 0.4) is 0 Å². The number of piperidine rings is 3. The van der Waals surface area contributed by atoms with Gasteiger partial charge in [0.1, 0.15) is 0 Å². The van der Waals surface area contributed by atoms with Crippen LogP contribution in [0.5, 0.6) is 0 Å². The molecule has 0 saturated carbocycles. The van der Waals surface area contributed by atoms with Gasteiger partial charge in [-0.15, -0.1) is 5.10 Å². The second kappa shape index (κ2) is 7.24. The molecule has 6 heteroatoms. The molecule has 4 heterocycles. The molecule has 29 heavy (non-hydrogen) atoms. The SMILES string of the molecule is Cc1nnc(N2C[C@H]3C[C@@H](C2)[C@H](CN(C)C)N2C(=O)CCC[C@@H]32)c2ccccc12. The van der Waals surface area contributed by atoms with Gasteiger partial charge in [-0.2, -0.15) is 5.10 Å². The highest BCUT2D eigenvalue weighted by molar-refractivity contribution is 5.93. The smallest absolute Gasteiger partial charge is 0.223 e. The fraction of sp³-hybridized carbons (Fsp3) is 0.609. The van der Waals surface area contributed by atoms with E-state index in [9.17, 15) is 4.79 Å². The number of anilines is 1. The summed E-state index contributed by atoms with van der Waals surface area (Å²) in [4.78, 5) is 19.9. The maximum absolute atomic E-state index is 12.9. The summed E-state index contributed by atoms with van der Waals surface area (Å²) < 4.78 is 0. The second-order valence-electron chi connectivity index (χ2n) is 9.41. The molecule has 0 unspecified atom stereocenters. The molecule has 6 nitrogen and oxygen atoms in total. The Morgan fingerprint density at radius 1 is 1.10 bits per heavy atom. The largest absolute Gasteiger partial charge is 0.354 e. The summed E-state index contributed by atoms with van der Waals surface area (Å²) in [5.74, 6) is 2.39. The molecule has 1 aromatic carbocycles. The first-order valence-electron chi connectivity index (χ1n) is 11.0. The van der Waals surface area contributed by atoms with Crippen LogP contribution in [0, 0.1) is 18.8 Å². The van der Waals surface area contributed by atoms with E-state index in [-0.39, 0.29) is 0 Å². The van der Waals surface area contributed by atoms with Crippen LogP contribution in [-0.2, 0) is 4.79 Å². The number of nitrogens with zero attached hydrogens (tertiary/aromatic N) is 5. The Balaban J connectivity index is 1.52. The maximum atomic E-state index is 12.9. The van der Waals surface area contributed by atoms with Gasteiger partial charge in [0.2, 0.25) is 5.91 Å². The van der Waals surface area contributed by atoms with Gasteiger partial charge in [-0.05, 0) is 52.1 Å². The van der Waals surface area contributed by atoms with Gasteiger partial charge in [-0.3, -0.25) is 4.79 Å². The van der Waals surface area contributed by atoms with E-state index in [4.69, 9.17) is 0 Å². The van der Waals surface area contributed by atoms with E-state index >= 15 is 0 Å². The minimum absolute atomic E-state index is 0.298. The lowest BCUT2D eigenvalue weighted by molar-refractivity contribution is -0.149. The average Bonchev–Trinajstić information content (AvgIpc) is 2.71. The fourth-order valence-electron chi connectivity index (χ4n) is 6.01. The minimum atomic E-state index is 0.298. The third kappa shape index (κ3) is 3.18. The van der Waals surface area contributed by atoms with Crippen molar-refractivity contribution >= 4 is 22.5 Å². The van der Waals surface area contributed by atoms with Crippen molar-refractivity contribution in [2.45, 2.75) is 44.7 Å². The Morgan fingerprint density at radius 3 is 2.66 bits per heavy atom. The van der Waals surface area contributed by atoms with Crippen LogP contribution in [0.1, 0.15) is 31.4 Å². The van der Waals surface area contributed by atoms with Gasteiger partial charge in [0.25, 0.3) is 0 Å². The molecule has 0 spiro atoms. The molecule has 0 aliphatic carbocycles. The molecular formula is C23H31N5O. The van der Waals surface area contributed by atoms with Gasteiger partial charge in [-0.1, -0.05) is 24.3 Å². The van der Waals surface area contributed by atoms with Crippen molar-refractivity contribution < 1.29 is 4.79 Å². The number of amides is 1. The summed E-state index contributed by atoms with van der Waals surface area (Å²) in [5.41, 5.74) is 0.982. The van der Waals surface area contributed by atoms with Gasteiger partial charge in [-0.25, -0.2) is 0 Å². The Morgan fingerprint density at radius 2 is 1.86 bits per heavy atom. The number of likely N-dealkylation sites (N-methyl/N-ethyl adjacent to an activating group) is 1. The highest BCUT2D eigenvalue weighted by Crippen LogP contribution is 2.43. The predicted molar refractivity (Wildman–Crippen MR) is 115 cm³/mol. The molecule has 2 bridgehead atoms. The van der Waals surface area contributed by atoms with Crippen LogP contribution in [0.4, 0.5) is 5.82 Å². The van der Waals surface area contributed by atoms with Crippen molar-refractivity contribution in [1.82, 2.24) is 20.0 Å². The number of carbonyl (C=O) groups excluding carboxylic acids is 1. The Hall–Kier alpha value is -2.21. The number of rotatable bonds is 3. The normalized spacial score (nSPS) is 29.4. The van der Waals surface area contributed by atoms with Crippen LogP contribution in [0.25, 0.3) is 10.8 Å². The topological polar surface area (TPSA) is 52.6 Å². The summed E-state index contributed by atoms with van der Waals surface area (Å²) in [5, 5.41) is 11.5. The number of carbonyl (C=O) groups is 1. The van der Waals surface area contributed by atoms with E-state index in [1.807, 2.05) is 6.92 Å². The highest BCUT2D eigenvalue weighted by Gasteiger charge is 2.49. The van der Waals surface area contributed by atoms with E-state index in [1.54, 1.807) is 0 Å². The molecule has 0 radical (unpaired) electrons. The first kappa shape index (κ1) is 18.8. The van der Waals surface area contributed by atoms with E-state index in [1.165, 1.54) is 17.2 Å². The summed E-state index contributed by atoms with van der Waals surface area (Å²) >= 11 is 0. The molecule has 1 aromatic heterocycles. The average molecular weight is 394 g/mol. The summed E-state index contributed by atoms with van der Waals surface area (Å²) in [6.07, 6.45) is 4.11. The van der Waals surface area contributed by atoms with Crippen LogP contribution in [-0.4, -0.2) is 71.7 Å². The first-order chi connectivity index (χ1) is 14.0. The molecule has 3 fully saturated rings. The highest BCUT2D eigenvalue weighted by atomic mass is 16.2. The van der Waals surface area contributed by atoms with E-state index in [0.717, 1.165) is 50.4 Å². The minimum Gasteiger partial charge on any atom is -0.354 e. The fourth-order valence-corrected chi connectivity index (χ4v) is 6.01. The number of hydrogen-bond acceptors (Lipinski definition) is 5. The predicted octanol–water partition coefficient (Wildman–Crippen LogP) is 2.71. The summed E-state index contributed by atoms with van der Waals surface area (Å²) in [6, 6.07) is 9.16. The van der Waals surface area contributed by atoms with Crippen LogP contribution in [0.15, 0.2) is 24.3 Å². The quantitative estimate of drug-likeness (QED) is 0.803. The van der Waals surface area contributed by atoms with E-state index < -0.39 is 0 Å². The molecule has 154 valence electrons. The molecule has 0 N–H and O–H groups in total. The monoisotopic (exact) mass is 393 g/mol. The Labute approximate surface area is 172 Å². The molecule has 3 aliphatic rings. The first-order valence-corrected chi connectivity index (χ1v) is 11.0. The van der Waals surface area contributed by atoms with Crippen molar-refractivity contribution in [3.8, 4) is 0 Å². The van der Waals surface area contributed by atoms with Crippen molar-refractivity contribution in [2.75, 3.05) is 38.6 Å². The Bertz CT molecular complexity index is 929. The number of aryl methyl sites for hydroxylation is 1. The molecule has 1 amide bonds. The lowest BCUT2D eigenvalue weighted by Crippen LogP contribution is -2.67. The molecule has 4 atom stereocenters.